The standard InChI is InChI=1S/C10H17FO3P/c1-10(11)5-3-8(4-6-10)9(12)7-15(13)14-2/h8H,3-7H2,1-2H3/q+1. The lowest BCUT2D eigenvalue weighted by atomic mass is 9.79. The maximum absolute atomic E-state index is 13.4. The van der Waals surface area contributed by atoms with Crippen molar-refractivity contribution in [2.24, 2.45) is 5.92 Å². The normalized spacial score (nSPS) is 32.5. The molecule has 5 heteroatoms. The van der Waals surface area contributed by atoms with Gasteiger partial charge < -0.3 is 0 Å². The second-order valence-electron chi connectivity index (χ2n) is 4.33. The first-order valence-corrected chi connectivity index (χ1v) is 6.51. The Bertz CT molecular complexity index is 255. The lowest BCUT2D eigenvalue weighted by Crippen LogP contribution is -2.30. The number of halogens is 1. The molecule has 1 saturated carbocycles. The van der Waals surface area contributed by atoms with Crippen molar-refractivity contribution >= 4 is 13.8 Å². The highest BCUT2D eigenvalue weighted by Crippen LogP contribution is 2.36. The molecule has 0 aromatic rings. The van der Waals surface area contributed by atoms with Crippen LogP contribution in [0, 0.1) is 5.92 Å². The molecule has 0 N–H and O–H groups in total. The monoisotopic (exact) mass is 235 g/mol. The van der Waals surface area contributed by atoms with E-state index in [4.69, 9.17) is 0 Å². The summed E-state index contributed by atoms with van der Waals surface area (Å²) in [6.07, 6.45) is 1.96. The molecule has 1 aliphatic rings. The summed E-state index contributed by atoms with van der Waals surface area (Å²) in [4.78, 5) is 11.6. The highest BCUT2D eigenvalue weighted by Gasteiger charge is 2.36. The molecule has 1 aliphatic carbocycles. The van der Waals surface area contributed by atoms with E-state index in [1.54, 1.807) is 6.92 Å². The highest BCUT2D eigenvalue weighted by atomic mass is 31.1. The highest BCUT2D eigenvalue weighted by molar-refractivity contribution is 7.40. The van der Waals surface area contributed by atoms with Crippen molar-refractivity contribution in [3.8, 4) is 0 Å². The van der Waals surface area contributed by atoms with Crippen LogP contribution in [0.25, 0.3) is 0 Å². The Morgan fingerprint density at radius 2 is 2.07 bits per heavy atom. The predicted molar refractivity (Wildman–Crippen MR) is 56.0 cm³/mol. The SMILES string of the molecule is CO[P+](=O)CC(=O)C1CCC(C)(F)CC1. The largest absolute Gasteiger partial charge is 0.515 e. The van der Waals surface area contributed by atoms with Crippen LogP contribution >= 0.6 is 8.03 Å². The fourth-order valence-electron chi connectivity index (χ4n) is 1.86. The lowest BCUT2D eigenvalue weighted by Gasteiger charge is -2.29. The lowest BCUT2D eigenvalue weighted by molar-refractivity contribution is -0.122. The summed E-state index contributed by atoms with van der Waals surface area (Å²) in [6.45, 7) is 1.57. The molecule has 15 heavy (non-hydrogen) atoms. The summed E-state index contributed by atoms with van der Waals surface area (Å²) < 4.78 is 29.0. The van der Waals surface area contributed by atoms with Gasteiger partial charge in [-0.25, -0.2) is 4.39 Å². The van der Waals surface area contributed by atoms with E-state index in [1.165, 1.54) is 7.11 Å². The van der Waals surface area contributed by atoms with E-state index < -0.39 is 13.7 Å². The third-order valence-electron chi connectivity index (χ3n) is 2.97. The summed E-state index contributed by atoms with van der Waals surface area (Å²) >= 11 is 0. The molecule has 0 heterocycles. The number of hydrogen-bond acceptors (Lipinski definition) is 3. The Kier molecular flexibility index (Phi) is 4.35. The summed E-state index contributed by atoms with van der Waals surface area (Å²) in [5.41, 5.74) is -1.12. The molecule has 1 rings (SSSR count). The number of Topliss-reactive ketones (excluding diaryl/α,β-unsaturated/α-hetero) is 1. The Hall–Kier alpha value is -0.340. The van der Waals surface area contributed by atoms with Gasteiger partial charge in [0.05, 0.1) is 7.11 Å². The molecule has 0 saturated heterocycles. The zero-order chi connectivity index (χ0) is 11.5. The Balaban J connectivity index is 2.40. The minimum absolute atomic E-state index is 0.0283. The first-order chi connectivity index (χ1) is 6.94. The molecule has 0 amide bonds. The van der Waals surface area contributed by atoms with Crippen LogP contribution in [-0.4, -0.2) is 24.7 Å². The molecule has 1 atom stereocenters. The third kappa shape index (κ3) is 3.96. The first kappa shape index (κ1) is 12.7. The van der Waals surface area contributed by atoms with Crippen molar-refractivity contribution in [3.05, 3.63) is 0 Å². The zero-order valence-electron chi connectivity index (χ0n) is 9.16. The second-order valence-corrected chi connectivity index (χ2v) is 5.67. The van der Waals surface area contributed by atoms with E-state index in [1.807, 2.05) is 0 Å². The van der Waals surface area contributed by atoms with Crippen LogP contribution in [0.2, 0.25) is 0 Å². The van der Waals surface area contributed by atoms with E-state index in [0.717, 1.165) is 0 Å². The summed E-state index contributed by atoms with van der Waals surface area (Å²) in [7, 11) is -0.535. The third-order valence-corrected chi connectivity index (χ3v) is 3.95. The Morgan fingerprint density at radius 1 is 1.53 bits per heavy atom. The molecule has 0 bridgehead atoms. The number of carbonyl (C=O) groups excluding carboxylic acids is 1. The molecule has 1 unspecified atom stereocenters. The summed E-state index contributed by atoms with van der Waals surface area (Å²) in [5.74, 6) is -0.170. The number of ketones is 1. The topological polar surface area (TPSA) is 43.4 Å². The molecule has 0 aromatic heterocycles. The van der Waals surface area contributed by atoms with E-state index in [2.05, 4.69) is 4.52 Å². The number of rotatable bonds is 4. The minimum atomic E-state index is -1.86. The molecular weight excluding hydrogens is 218 g/mol. The van der Waals surface area contributed by atoms with Gasteiger partial charge >= 0.3 is 8.03 Å². The number of hydrogen-bond donors (Lipinski definition) is 0. The zero-order valence-corrected chi connectivity index (χ0v) is 10.1. The minimum Gasteiger partial charge on any atom is -0.294 e. The molecule has 0 aromatic carbocycles. The van der Waals surface area contributed by atoms with Gasteiger partial charge in [-0.1, -0.05) is 0 Å². The average Bonchev–Trinajstić information content (AvgIpc) is 2.17. The van der Waals surface area contributed by atoms with Gasteiger partial charge in [-0.05, 0) is 37.2 Å². The molecule has 0 radical (unpaired) electrons. The van der Waals surface area contributed by atoms with Crippen molar-refractivity contribution in [3.63, 3.8) is 0 Å². The summed E-state index contributed by atoms with van der Waals surface area (Å²) in [6, 6.07) is 0. The molecule has 86 valence electrons. The Labute approximate surface area is 90.2 Å². The summed E-state index contributed by atoms with van der Waals surface area (Å²) in [5, 5.41) is 0. The van der Waals surface area contributed by atoms with Crippen LogP contribution in [0.5, 0.6) is 0 Å². The van der Waals surface area contributed by atoms with E-state index in [9.17, 15) is 13.8 Å². The average molecular weight is 235 g/mol. The fraction of sp³-hybridized carbons (Fsp3) is 0.900. The number of alkyl halides is 1. The van der Waals surface area contributed by atoms with Crippen molar-refractivity contribution in [1.29, 1.82) is 0 Å². The van der Waals surface area contributed by atoms with Gasteiger partial charge in [0.2, 0.25) is 6.16 Å². The van der Waals surface area contributed by atoms with Crippen LogP contribution in [-0.2, 0) is 13.9 Å². The maximum Gasteiger partial charge on any atom is 0.515 e. The van der Waals surface area contributed by atoms with Crippen LogP contribution in [0.1, 0.15) is 32.6 Å². The van der Waals surface area contributed by atoms with Gasteiger partial charge in [0, 0.05) is 5.92 Å². The smallest absolute Gasteiger partial charge is 0.294 e. The quantitative estimate of drug-likeness (QED) is 0.704. The van der Waals surface area contributed by atoms with Gasteiger partial charge in [0.15, 0.2) is 5.78 Å². The predicted octanol–water partition coefficient (Wildman–Crippen LogP) is 2.86. The van der Waals surface area contributed by atoms with Crippen molar-refractivity contribution in [2.75, 3.05) is 13.3 Å². The van der Waals surface area contributed by atoms with E-state index >= 15 is 0 Å². The van der Waals surface area contributed by atoms with E-state index in [0.29, 0.717) is 25.7 Å². The van der Waals surface area contributed by atoms with Gasteiger partial charge in [0.1, 0.15) is 5.67 Å². The maximum atomic E-state index is 13.4. The molecule has 0 spiro atoms. The molecule has 0 aliphatic heterocycles. The first-order valence-electron chi connectivity index (χ1n) is 5.15. The van der Waals surface area contributed by atoms with Crippen LogP contribution < -0.4 is 0 Å². The van der Waals surface area contributed by atoms with Crippen molar-refractivity contribution < 1.29 is 18.3 Å². The van der Waals surface area contributed by atoms with Crippen LogP contribution in [0.15, 0.2) is 0 Å². The van der Waals surface area contributed by atoms with Gasteiger partial charge in [0.25, 0.3) is 0 Å². The second kappa shape index (κ2) is 5.13. The number of carbonyl (C=O) groups is 1. The van der Waals surface area contributed by atoms with Gasteiger partial charge in [-0.15, -0.1) is 4.52 Å². The van der Waals surface area contributed by atoms with Crippen molar-refractivity contribution in [1.82, 2.24) is 0 Å². The molecular formula is C10H17FO3P+. The van der Waals surface area contributed by atoms with Gasteiger partial charge in [-0.2, -0.15) is 0 Å². The fourth-order valence-corrected chi connectivity index (χ4v) is 2.50. The van der Waals surface area contributed by atoms with Crippen LogP contribution in [0.3, 0.4) is 0 Å². The van der Waals surface area contributed by atoms with Gasteiger partial charge in [-0.3, -0.25) is 4.79 Å². The molecule has 1 fully saturated rings. The Morgan fingerprint density at radius 3 is 2.53 bits per heavy atom. The van der Waals surface area contributed by atoms with Crippen molar-refractivity contribution in [2.45, 2.75) is 38.3 Å². The molecule has 3 nitrogen and oxygen atoms in total. The van der Waals surface area contributed by atoms with E-state index in [-0.39, 0.29) is 17.9 Å². The van der Waals surface area contributed by atoms with Crippen LogP contribution in [0.4, 0.5) is 4.39 Å².